The van der Waals surface area contributed by atoms with Crippen LogP contribution in [0, 0.1) is 0 Å². The van der Waals surface area contributed by atoms with Gasteiger partial charge in [-0.3, -0.25) is 9.69 Å². The molecule has 1 atom stereocenters. The summed E-state index contributed by atoms with van der Waals surface area (Å²) < 4.78 is 0. The van der Waals surface area contributed by atoms with E-state index in [9.17, 15) is 4.79 Å². The molecule has 1 aromatic carbocycles. The Bertz CT molecular complexity index is 797. The lowest BCUT2D eigenvalue weighted by atomic mass is 9.97. The smallest absolute Gasteiger partial charge is 0.272 e. The molecule has 0 spiro atoms. The number of amides is 1. The fourth-order valence-electron chi connectivity index (χ4n) is 4.09. The van der Waals surface area contributed by atoms with Crippen LogP contribution in [0.2, 0.25) is 5.15 Å². The Balaban J connectivity index is 1.40. The maximum absolute atomic E-state index is 12.7. The van der Waals surface area contributed by atoms with Crippen molar-refractivity contribution in [3.05, 3.63) is 58.6 Å². The highest BCUT2D eigenvalue weighted by Gasteiger charge is 2.27. The Morgan fingerprint density at radius 3 is 2.77 bits per heavy atom. The summed E-state index contributed by atoms with van der Waals surface area (Å²) in [6.07, 6.45) is 5.63. The molecule has 4 rings (SSSR count). The van der Waals surface area contributed by atoms with Crippen LogP contribution in [-0.4, -0.2) is 51.4 Å². The average Bonchev–Trinajstić information content (AvgIpc) is 2.93. The van der Waals surface area contributed by atoms with Gasteiger partial charge < -0.3 is 4.90 Å². The highest BCUT2D eigenvalue weighted by Crippen LogP contribution is 2.25. The number of hydrogen-bond acceptors (Lipinski definition) is 4. The van der Waals surface area contributed by atoms with Gasteiger partial charge in [0, 0.05) is 38.3 Å². The van der Waals surface area contributed by atoms with E-state index in [1.807, 2.05) is 4.90 Å². The predicted octanol–water partition coefficient (Wildman–Crippen LogP) is 3.18. The van der Waals surface area contributed by atoms with Gasteiger partial charge in [-0.2, -0.15) is 0 Å². The summed E-state index contributed by atoms with van der Waals surface area (Å²) in [4.78, 5) is 25.2. The SMILES string of the molecule is O=C(c1cc(Cl)ncn1)N1CCCC(N2CCc3ccccc3C2)CC1. The summed E-state index contributed by atoms with van der Waals surface area (Å²) >= 11 is 5.90. The molecule has 2 aliphatic heterocycles. The van der Waals surface area contributed by atoms with Crippen LogP contribution < -0.4 is 0 Å². The summed E-state index contributed by atoms with van der Waals surface area (Å²) in [7, 11) is 0. The summed E-state index contributed by atoms with van der Waals surface area (Å²) in [6, 6.07) is 10.8. The first-order chi connectivity index (χ1) is 12.7. The van der Waals surface area contributed by atoms with Gasteiger partial charge >= 0.3 is 0 Å². The van der Waals surface area contributed by atoms with Gasteiger partial charge in [-0.25, -0.2) is 9.97 Å². The highest BCUT2D eigenvalue weighted by molar-refractivity contribution is 6.29. The molecule has 1 aromatic heterocycles. The molecule has 1 fully saturated rings. The number of carbonyl (C=O) groups is 1. The van der Waals surface area contributed by atoms with Gasteiger partial charge in [0.05, 0.1) is 0 Å². The third kappa shape index (κ3) is 3.74. The Morgan fingerprint density at radius 1 is 1.08 bits per heavy atom. The molecule has 2 aliphatic rings. The van der Waals surface area contributed by atoms with E-state index in [1.165, 1.54) is 17.5 Å². The molecule has 136 valence electrons. The number of likely N-dealkylation sites (tertiary alicyclic amines) is 1. The highest BCUT2D eigenvalue weighted by atomic mass is 35.5. The lowest BCUT2D eigenvalue weighted by Crippen LogP contribution is -2.40. The van der Waals surface area contributed by atoms with E-state index in [2.05, 4.69) is 39.1 Å². The van der Waals surface area contributed by atoms with E-state index in [-0.39, 0.29) is 5.91 Å². The molecule has 5 nitrogen and oxygen atoms in total. The number of benzene rings is 1. The Morgan fingerprint density at radius 2 is 1.92 bits per heavy atom. The zero-order valence-electron chi connectivity index (χ0n) is 14.8. The van der Waals surface area contributed by atoms with E-state index in [0.29, 0.717) is 16.9 Å². The minimum atomic E-state index is -0.0426. The quantitative estimate of drug-likeness (QED) is 0.762. The van der Waals surface area contributed by atoms with E-state index in [1.54, 1.807) is 6.07 Å². The number of halogens is 1. The maximum Gasteiger partial charge on any atom is 0.272 e. The van der Waals surface area contributed by atoms with Crippen LogP contribution in [-0.2, 0) is 13.0 Å². The van der Waals surface area contributed by atoms with E-state index >= 15 is 0 Å². The molecule has 0 aliphatic carbocycles. The van der Waals surface area contributed by atoms with Crippen LogP contribution in [0.4, 0.5) is 0 Å². The molecule has 0 saturated carbocycles. The summed E-state index contributed by atoms with van der Waals surface area (Å²) in [5.74, 6) is -0.0426. The second-order valence-corrected chi connectivity index (χ2v) is 7.48. The fraction of sp³-hybridized carbons (Fsp3) is 0.450. The van der Waals surface area contributed by atoms with Gasteiger partial charge in [-0.1, -0.05) is 35.9 Å². The molecule has 26 heavy (non-hydrogen) atoms. The molecule has 0 N–H and O–H groups in total. The lowest BCUT2D eigenvalue weighted by molar-refractivity contribution is 0.0749. The number of rotatable bonds is 2. The van der Waals surface area contributed by atoms with Gasteiger partial charge in [0.2, 0.25) is 0 Å². The van der Waals surface area contributed by atoms with Crippen LogP contribution in [0.15, 0.2) is 36.7 Å². The Kier molecular flexibility index (Phi) is 5.18. The van der Waals surface area contributed by atoms with Gasteiger partial charge in [0.1, 0.15) is 17.2 Å². The monoisotopic (exact) mass is 370 g/mol. The number of nitrogens with zero attached hydrogens (tertiary/aromatic N) is 4. The number of aromatic nitrogens is 2. The average molecular weight is 371 g/mol. The molecular weight excluding hydrogens is 348 g/mol. The van der Waals surface area contributed by atoms with Crippen molar-refractivity contribution in [2.24, 2.45) is 0 Å². The molecule has 3 heterocycles. The summed E-state index contributed by atoms with van der Waals surface area (Å²) in [6.45, 7) is 3.68. The molecule has 2 aromatic rings. The second-order valence-electron chi connectivity index (χ2n) is 7.09. The van der Waals surface area contributed by atoms with Crippen LogP contribution in [0.25, 0.3) is 0 Å². The topological polar surface area (TPSA) is 49.3 Å². The van der Waals surface area contributed by atoms with Gasteiger partial charge in [0.25, 0.3) is 5.91 Å². The van der Waals surface area contributed by atoms with Gasteiger partial charge in [-0.05, 0) is 36.8 Å². The van der Waals surface area contributed by atoms with E-state index in [0.717, 1.165) is 51.9 Å². The van der Waals surface area contributed by atoms with Crippen molar-refractivity contribution in [1.82, 2.24) is 19.8 Å². The third-order valence-corrected chi connectivity index (χ3v) is 5.72. The minimum absolute atomic E-state index is 0.0426. The first kappa shape index (κ1) is 17.4. The Labute approximate surface area is 159 Å². The first-order valence-electron chi connectivity index (χ1n) is 9.28. The van der Waals surface area contributed by atoms with E-state index in [4.69, 9.17) is 11.6 Å². The van der Waals surface area contributed by atoms with Crippen molar-refractivity contribution in [3.63, 3.8) is 0 Å². The van der Waals surface area contributed by atoms with Crippen molar-refractivity contribution in [1.29, 1.82) is 0 Å². The van der Waals surface area contributed by atoms with Crippen LogP contribution in [0.5, 0.6) is 0 Å². The molecule has 1 amide bonds. The van der Waals surface area contributed by atoms with Gasteiger partial charge in [-0.15, -0.1) is 0 Å². The van der Waals surface area contributed by atoms with Crippen LogP contribution in [0.3, 0.4) is 0 Å². The standard InChI is InChI=1S/C20H23ClN4O/c21-19-12-18(22-14-23-19)20(26)24-9-3-6-17(8-11-24)25-10-7-15-4-1-2-5-16(15)13-25/h1-2,4-5,12,14,17H,3,6-11,13H2. The summed E-state index contributed by atoms with van der Waals surface area (Å²) in [5, 5.41) is 0.308. The number of carbonyl (C=O) groups excluding carboxylic acids is 1. The minimum Gasteiger partial charge on any atom is -0.337 e. The van der Waals surface area contributed by atoms with Crippen LogP contribution in [0.1, 0.15) is 40.9 Å². The molecular formula is C20H23ClN4O. The maximum atomic E-state index is 12.7. The molecule has 0 bridgehead atoms. The largest absolute Gasteiger partial charge is 0.337 e. The van der Waals surface area contributed by atoms with Crippen molar-refractivity contribution >= 4 is 17.5 Å². The van der Waals surface area contributed by atoms with E-state index < -0.39 is 0 Å². The van der Waals surface area contributed by atoms with Crippen LogP contribution >= 0.6 is 11.6 Å². The number of hydrogen-bond donors (Lipinski definition) is 0. The Hall–Kier alpha value is -1.98. The fourth-order valence-corrected chi connectivity index (χ4v) is 4.24. The molecule has 6 heteroatoms. The molecule has 0 radical (unpaired) electrons. The molecule has 1 saturated heterocycles. The predicted molar refractivity (Wildman–Crippen MR) is 101 cm³/mol. The van der Waals surface area contributed by atoms with Crippen molar-refractivity contribution in [2.45, 2.75) is 38.3 Å². The van der Waals surface area contributed by atoms with Crippen molar-refractivity contribution < 1.29 is 4.79 Å². The van der Waals surface area contributed by atoms with Gasteiger partial charge in [0.15, 0.2) is 0 Å². The first-order valence-corrected chi connectivity index (χ1v) is 9.66. The lowest BCUT2D eigenvalue weighted by Gasteiger charge is -2.35. The van der Waals surface area contributed by atoms with Crippen molar-refractivity contribution in [3.8, 4) is 0 Å². The summed E-state index contributed by atoms with van der Waals surface area (Å²) in [5.41, 5.74) is 3.32. The third-order valence-electron chi connectivity index (χ3n) is 5.51. The normalized spacial score (nSPS) is 21.1. The number of fused-ring (bicyclic) bond motifs is 1. The zero-order chi connectivity index (χ0) is 17.9. The zero-order valence-corrected chi connectivity index (χ0v) is 15.5. The van der Waals surface area contributed by atoms with Crippen molar-refractivity contribution in [2.75, 3.05) is 19.6 Å². The molecule has 1 unspecified atom stereocenters. The second kappa shape index (κ2) is 7.72.